The summed E-state index contributed by atoms with van der Waals surface area (Å²) in [6.45, 7) is 0.176. The van der Waals surface area contributed by atoms with Crippen molar-refractivity contribution in [2.24, 2.45) is 0 Å². The maximum absolute atomic E-state index is 13.3. The van der Waals surface area contributed by atoms with Crippen LogP contribution in [0, 0.1) is 5.82 Å². The molecule has 8 nitrogen and oxygen atoms in total. The first-order valence-electron chi connectivity index (χ1n) is 8.68. The predicted molar refractivity (Wildman–Crippen MR) is 103 cm³/mol. The van der Waals surface area contributed by atoms with E-state index in [1.165, 1.54) is 23.0 Å². The number of carbonyl (C=O) groups is 1. The molecular weight excluding hydrogens is 375 g/mol. The zero-order chi connectivity index (χ0) is 20.2. The van der Waals surface area contributed by atoms with Gasteiger partial charge in [-0.2, -0.15) is 5.10 Å². The maximum atomic E-state index is 13.3. The second-order valence-electron chi connectivity index (χ2n) is 6.14. The highest BCUT2D eigenvalue weighted by molar-refractivity contribution is 5.93. The molecule has 4 aromatic rings. The number of carbonyl (C=O) groups excluding carboxylic acids is 1. The lowest BCUT2D eigenvalue weighted by Crippen LogP contribution is -2.30. The van der Waals surface area contributed by atoms with Gasteiger partial charge in [0, 0.05) is 36.9 Å². The third-order valence-electron chi connectivity index (χ3n) is 4.15. The molecule has 4 rings (SSSR count). The number of H-pyrrole nitrogens is 1. The van der Waals surface area contributed by atoms with Gasteiger partial charge in [0.2, 0.25) is 5.95 Å². The molecule has 144 valence electrons. The van der Waals surface area contributed by atoms with Crippen molar-refractivity contribution in [1.82, 2.24) is 30.0 Å². The molecule has 0 radical (unpaired) electrons. The average Bonchev–Trinajstić information content (AvgIpc) is 3.27. The van der Waals surface area contributed by atoms with Crippen LogP contribution in [0.4, 0.5) is 4.39 Å². The Morgan fingerprint density at radius 3 is 2.72 bits per heavy atom. The molecule has 29 heavy (non-hydrogen) atoms. The van der Waals surface area contributed by atoms with Crippen molar-refractivity contribution in [3.63, 3.8) is 0 Å². The number of pyridine rings is 1. The molecule has 0 aliphatic carbocycles. The fourth-order valence-electron chi connectivity index (χ4n) is 2.68. The lowest BCUT2D eigenvalue weighted by atomic mass is 10.1. The lowest BCUT2D eigenvalue weighted by molar-refractivity contribution is 0.0949. The van der Waals surface area contributed by atoms with Gasteiger partial charge < -0.3 is 5.32 Å². The van der Waals surface area contributed by atoms with Gasteiger partial charge in [0.15, 0.2) is 0 Å². The van der Waals surface area contributed by atoms with Crippen molar-refractivity contribution < 1.29 is 9.18 Å². The van der Waals surface area contributed by atoms with Gasteiger partial charge in [-0.3, -0.25) is 19.6 Å². The van der Waals surface area contributed by atoms with Crippen LogP contribution in [0.15, 0.2) is 72.0 Å². The van der Waals surface area contributed by atoms with Crippen molar-refractivity contribution in [2.75, 3.05) is 0 Å². The Balaban J connectivity index is 1.42. The second kappa shape index (κ2) is 7.85. The van der Waals surface area contributed by atoms with Crippen LogP contribution in [0.3, 0.4) is 0 Å². The third kappa shape index (κ3) is 4.08. The van der Waals surface area contributed by atoms with Crippen LogP contribution in [0.1, 0.15) is 15.9 Å². The smallest absolute Gasteiger partial charge is 0.265 e. The highest BCUT2D eigenvalue weighted by Gasteiger charge is 2.12. The first-order valence-corrected chi connectivity index (χ1v) is 8.68. The van der Waals surface area contributed by atoms with Gasteiger partial charge in [0.25, 0.3) is 11.5 Å². The van der Waals surface area contributed by atoms with E-state index >= 15 is 0 Å². The van der Waals surface area contributed by atoms with E-state index < -0.39 is 11.5 Å². The van der Waals surface area contributed by atoms with E-state index in [-0.39, 0.29) is 23.9 Å². The molecule has 0 atom stereocenters. The molecule has 0 aliphatic heterocycles. The van der Waals surface area contributed by atoms with E-state index in [1.54, 1.807) is 48.9 Å². The summed E-state index contributed by atoms with van der Waals surface area (Å²) in [5.41, 5.74) is 1.34. The quantitative estimate of drug-likeness (QED) is 0.543. The predicted octanol–water partition coefficient (Wildman–Crippen LogP) is 2.09. The molecular formula is C20H15FN6O2. The van der Waals surface area contributed by atoms with Crippen molar-refractivity contribution in [2.45, 2.75) is 6.54 Å². The number of amides is 1. The number of benzene rings is 1. The standard InChI is InChI=1S/C20H15FN6O2/c21-15-4-1-3-14(9-15)17-6-5-13(10-22-17)11-23-18(28)16-12-24-20(26-19(16)29)27-8-2-7-25-27/h1-10,12H,11H2,(H,23,28)(H,24,26,29). The summed E-state index contributed by atoms with van der Waals surface area (Å²) in [7, 11) is 0. The molecule has 0 aliphatic rings. The summed E-state index contributed by atoms with van der Waals surface area (Å²) < 4.78 is 14.7. The van der Waals surface area contributed by atoms with Gasteiger partial charge in [-0.15, -0.1) is 0 Å². The monoisotopic (exact) mass is 390 g/mol. The maximum Gasteiger partial charge on any atom is 0.265 e. The molecule has 0 saturated carbocycles. The number of hydrogen-bond donors (Lipinski definition) is 2. The molecule has 0 bridgehead atoms. The van der Waals surface area contributed by atoms with Crippen LogP contribution >= 0.6 is 0 Å². The van der Waals surface area contributed by atoms with Gasteiger partial charge in [0.05, 0.1) is 5.69 Å². The summed E-state index contributed by atoms with van der Waals surface area (Å²) in [6.07, 6.45) is 5.97. The zero-order valence-corrected chi connectivity index (χ0v) is 15.0. The minimum absolute atomic E-state index is 0.106. The molecule has 3 aromatic heterocycles. The average molecular weight is 390 g/mol. The Kier molecular flexibility index (Phi) is 4.93. The Morgan fingerprint density at radius 2 is 2.03 bits per heavy atom. The van der Waals surface area contributed by atoms with Crippen molar-refractivity contribution >= 4 is 5.91 Å². The number of halogens is 1. The molecule has 3 heterocycles. The fraction of sp³-hybridized carbons (Fsp3) is 0.0500. The van der Waals surface area contributed by atoms with E-state index in [2.05, 4.69) is 25.4 Å². The molecule has 9 heteroatoms. The SMILES string of the molecule is O=C(NCc1ccc(-c2cccc(F)c2)nc1)c1cnc(-n2cccn2)[nH]c1=O. The summed E-state index contributed by atoms with van der Waals surface area (Å²) in [6, 6.07) is 11.3. The largest absolute Gasteiger partial charge is 0.348 e. The first-order chi connectivity index (χ1) is 14.1. The first kappa shape index (κ1) is 18.2. The summed E-state index contributed by atoms with van der Waals surface area (Å²) >= 11 is 0. The van der Waals surface area contributed by atoms with E-state index in [9.17, 15) is 14.0 Å². The molecule has 0 spiro atoms. The van der Waals surface area contributed by atoms with E-state index in [4.69, 9.17) is 0 Å². The van der Waals surface area contributed by atoms with Crippen LogP contribution < -0.4 is 10.9 Å². The summed E-state index contributed by atoms with van der Waals surface area (Å²) in [5.74, 6) is -0.674. The van der Waals surface area contributed by atoms with Crippen LogP contribution in [-0.2, 0) is 6.54 Å². The number of aromatic amines is 1. The Labute approximate surface area is 164 Å². The minimum Gasteiger partial charge on any atom is -0.348 e. The summed E-state index contributed by atoms with van der Waals surface area (Å²) in [4.78, 5) is 35.3. The molecule has 2 N–H and O–H groups in total. The molecule has 1 amide bonds. The van der Waals surface area contributed by atoms with E-state index in [0.717, 1.165) is 5.56 Å². The zero-order valence-electron chi connectivity index (χ0n) is 15.0. The van der Waals surface area contributed by atoms with Gasteiger partial charge >= 0.3 is 0 Å². The molecule has 0 unspecified atom stereocenters. The number of nitrogens with one attached hydrogen (secondary N) is 2. The highest BCUT2D eigenvalue weighted by atomic mass is 19.1. The number of aromatic nitrogens is 5. The van der Waals surface area contributed by atoms with Crippen LogP contribution in [0.25, 0.3) is 17.2 Å². The van der Waals surface area contributed by atoms with Crippen molar-refractivity contribution in [3.8, 4) is 17.2 Å². The third-order valence-corrected chi connectivity index (χ3v) is 4.15. The summed E-state index contributed by atoms with van der Waals surface area (Å²) in [5, 5.41) is 6.62. The van der Waals surface area contributed by atoms with E-state index in [0.29, 0.717) is 11.3 Å². The van der Waals surface area contributed by atoms with Crippen molar-refractivity contribution in [1.29, 1.82) is 0 Å². The molecule has 0 saturated heterocycles. The van der Waals surface area contributed by atoms with Crippen LogP contribution in [0.5, 0.6) is 0 Å². The highest BCUT2D eigenvalue weighted by Crippen LogP contribution is 2.17. The second-order valence-corrected chi connectivity index (χ2v) is 6.14. The van der Waals surface area contributed by atoms with Gasteiger partial charge in [0.1, 0.15) is 11.4 Å². The van der Waals surface area contributed by atoms with Gasteiger partial charge in [-0.05, 0) is 29.8 Å². The van der Waals surface area contributed by atoms with Crippen LogP contribution in [0.2, 0.25) is 0 Å². The number of hydrogen-bond acceptors (Lipinski definition) is 5. The lowest BCUT2D eigenvalue weighted by Gasteiger charge is -2.07. The van der Waals surface area contributed by atoms with E-state index in [1.807, 2.05) is 0 Å². The minimum atomic E-state index is -0.567. The topological polar surface area (TPSA) is 106 Å². The number of rotatable bonds is 5. The normalized spacial score (nSPS) is 10.7. The Morgan fingerprint density at radius 1 is 1.14 bits per heavy atom. The molecule has 0 fully saturated rings. The molecule has 1 aromatic carbocycles. The van der Waals surface area contributed by atoms with Crippen molar-refractivity contribution in [3.05, 3.63) is 94.5 Å². The Hall–Kier alpha value is -4.14. The van der Waals surface area contributed by atoms with Crippen LogP contribution in [-0.4, -0.2) is 30.6 Å². The van der Waals surface area contributed by atoms with Gasteiger partial charge in [-0.1, -0.05) is 18.2 Å². The fourth-order valence-corrected chi connectivity index (χ4v) is 2.68. The Bertz CT molecular complexity index is 1200. The van der Waals surface area contributed by atoms with Gasteiger partial charge in [-0.25, -0.2) is 14.1 Å². The number of nitrogens with zero attached hydrogens (tertiary/aromatic N) is 4.